The number of aryl methyl sites for hydroxylation is 2. The highest BCUT2D eigenvalue weighted by Gasteiger charge is 2.26. The molecule has 5 nitrogen and oxygen atoms in total. The molecule has 0 radical (unpaired) electrons. The average Bonchev–Trinajstić information content (AvgIpc) is 2.64. The summed E-state index contributed by atoms with van der Waals surface area (Å²) < 4.78 is 46.1. The second-order valence-electron chi connectivity index (χ2n) is 6.64. The van der Waals surface area contributed by atoms with Crippen molar-refractivity contribution in [2.24, 2.45) is 0 Å². The molecule has 0 aromatic heterocycles. The Morgan fingerprint density at radius 3 is 2.43 bits per heavy atom. The van der Waals surface area contributed by atoms with E-state index in [0.29, 0.717) is 24.2 Å². The zero-order valence-electron chi connectivity index (χ0n) is 16.4. The fourth-order valence-electron chi connectivity index (χ4n) is 2.83. The van der Waals surface area contributed by atoms with E-state index in [-0.39, 0.29) is 36.2 Å². The minimum atomic E-state index is -3.79. The van der Waals surface area contributed by atoms with Crippen LogP contribution in [0.3, 0.4) is 0 Å². The van der Waals surface area contributed by atoms with Crippen molar-refractivity contribution in [1.29, 1.82) is 0 Å². The van der Waals surface area contributed by atoms with E-state index in [2.05, 4.69) is 0 Å². The van der Waals surface area contributed by atoms with Gasteiger partial charge >= 0.3 is 5.97 Å². The highest BCUT2D eigenvalue weighted by atomic mass is 32.2. The van der Waals surface area contributed by atoms with Gasteiger partial charge in [0.1, 0.15) is 5.82 Å². The lowest BCUT2D eigenvalue weighted by atomic mass is 10.2. The van der Waals surface area contributed by atoms with Gasteiger partial charge in [0.2, 0.25) is 10.0 Å². The van der Waals surface area contributed by atoms with Gasteiger partial charge < -0.3 is 4.74 Å². The Kier molecular flexibility index (Phi) is 7.71. The number of rotatable bonds is 9. The Balaban J connectivity index is 2.28. The predicted molar refractivity (Wildman–Crippen MR) is 106 cm³/mol. The van der Waals surface area contributed by atoms with Gasteiger partial charge in [-0.15, -0.1) is 0 Å². The Hall–Kier alpha value is -2.25. The zero-order chi connectivity index (χ0) is 20.7. The largest absolute Gasteiger partial charge is 0.466 e. The molecule has 0 unspecified atom stereocenters. The van der Waals surface area contributed by atoms with E-state index in [4.69, 9.17) is 4.74 Å². The molecule has 0 heterocycles. The normalized spacial score (nSPS) is 11.6. The number of nitrogens with zero attached hydrogens (tertiary/aromatic N) is 1. The highest BCUT2D eigenvalue weighted by molar-refractivity contribution is 7.89. The molecule has 0 bridgehead atoms. The van der Waals surface area contributed by atoms with Crippen LogP contribution in [-0.2, 0) is 26.1 Å². The molecular weight excluding hydrogens is 381 g/mol. The van der Waals surface area contributed by atoms with Crippen molar-refractivity contribution < 1.29 is 22.3 Å². The second-order valence-corrected chi connectivity index (χ2v) is 8.55. The summed E-state index contributed by atoms with van der Waals surface area (Å²) in [6.45, 7) is 5.86. The Morgan fingerprint density at radius 1 is 1.11 bits per heavy atom. The van der Waals surface area contributed by atoms with Crippen molar-refractivity contribution in [1.82, 2.24) is 4.31 Å². The number of halogens is 1. The molecule has 7 heteroatoms. The minimum absolute atomic E-state index is 0.0961. The smallest absolute Gasteiger partial charge is 0.305 e. The summed E-state index contributed by atoms with van der Waals surface area (Å²) >= 11 is 0. The molecule has 0 fully saturated rings. The number of hydrogen-bond donors (Lipinski definition) is 0. The highest BCUT2D eigenvalue weighted by Crippen LogP contribution is 2.23. The van der Waals surface area contributed by atoms with Crippen LogP contribution < -0.4 is 0 Å². The third kappa shape index (κ3) is 5.87. The van der Waals surface area contributed by atoms with Crippen molar-refractivity contribution in [3.63, 3.8) is 0 Å². The SMILES string of the molecule is CCOC(=O)CCCN(Cc1ccc(F)cc1)S(=O)(=O)c1cc(C)ccc1C. The van der Waals surface area contributed by atoms with Gasteiger partial charge in [-0.1, -0.05) is 24.3 Å². The molecule has 2 aromatic rings. The fourth-order valence-corrected chi connectivity index (χ4v) is 4.61. The molecule has 0 aliphatic carbocycles. The molecule has 0 N–H and O–H groups in total. The first-order chi connectivity index (χ1) is 13.2. The van der Waals surface area contributed by atoms with Crippen molar-refractivity contribution in [2.45, 2.75) is 45.1 Å². The quantitative estimate of drug-likeness (QED) is 0.590. The van der Waals surface area contributed by atoms with E-state index >= 15 is 0 Å². The maximum absolute atomic E-state index is 13.3. The van der Waals surface area contributed by atoms with Crippen LogP contribution in [0, 0.1) is 19.7 Å². The number of ether oxygens (including phenoxy) is 1. The lowest BCUT2D eigenvalue weighted by molar-refractivity contribution is -0.143. The maximum atomic E-state index is 13.3. The standard InChI is InChI=1S/C21H26FNO4S/c1-4-27-21(24)6-5-13-23(15-18-9-11-19(22)12-10-18)28(25,26)20-14-16(2)7-8-17(20)3/h7-12,14H,4-6,13,15H2,1-3H3. The van der Waals surface area contributed by atoms with Gasteiger partial charge in [-0.3, -0.25) is 4.79 Å². The summed E-state index contributed by atoms with van der Waals surface area (Å²) in [5.41, 5.74) is 2.17. The van der Waals surface area contributed by atoms with E-state index in [1.807, 2.05) is 13.0 Å². The molecule has 0 saturated heterocycles. The molecule has 0 spiro atoms. The van der Waals surface area contributed by atoms with Crippen LogP contribution in [0.2, 0.25) is 0 Å². The third-order valence-corrected chi connectivity index (χ3v) is 6.31. The zero-order valence-corrected chi connectivity index (χ0v) is 17.3. The van der Waals surface area contributed by atoms with Gasteiger partial charge in [0, 0.05) is 19.5 Å². The van der Waals surface area contributed by atoms with Crippen LogP contribution in [0.1, 0.15) is 36.5 Å². The topological polar surface area (TPSA) is 63.7 Å². The van der Waals surface area contributed by atoms with Crippen LogP contribution in [-0.4, -0.2) is 31.8 Å². The molecule has 0 amide bonds. The maximum Gasteiger partial charge on any atom is 0.305 e. The van der Waals surface area contributed by atoms with Crippen molar-refractivity contribution in [2.75, 3.05) is 13.2 Å². The summed E-state index contributed by atoms with van der Waals surface area (Å²) in [5.74, 6) is -0.733. The van der Waals surface area contributed by atoms with Gasteiger partial charge in [0.25, 0.3) is 0 Å². The van der Waals surface area contributed by atoms with Gasteiger partial charge in [0.05, 0.1) is 11.5 Å². The fraction of sp³-hybridized carbons (Fsp3) is 0.381. The molecule has 2 rings (SSSR count). The Labute approximate surface area is 166 Å². The number of hydrogen-bond acceptors (Lipinski definition) is 4. The number of sulfonamides is 1. The first kappa shape index (κ1) is 22.0. The number of carbonyl (C=O) groups excluding carboxylic acids is 1. The van der Waals surface area contributed by atoms with E-state index in [9.17, 15) is 17.6 Å². The first-order valence-electron chi connectivity index (χ1n) is 9.21. The van der Waals surface area contributed by atoms with Gasteiger partial charge in [-0.25, -0.2) is 12.8 Å². The molecule has 152 valence electrons. The Bertz CT molecular complexity index is 911. The molecule has 28 heavy (non-hydrogen) atoms. The lowest BCUT2D eigenvalue weighted by Crippen LogP contribution is -2.32. The van der Waals surface area contributed by atoms with E-state index in [1.165, 1.54) is 16.4 Å². The summed E-state index contributed by atoms with van der Waals surface area (Å²) in [6.07, 6.45) is 0.472. The molecule has 0 saturated carbocycles. The van der Waals surface area contributed by atoms with E-state index < -0.39 is 10.0 Å². The van der Waals surface area contributed by atoms with E-state index in [0.717, 1.165) is 5.56 Å². The van der Waals surface area contributed by atoms with Gasteiger partial charge in [-0.2, -0.15) is 4.31 Å². The lowest BCUT2D eigenvalue weighted by Gasteiger charge is -2.23. The second kappa shape index (κ2) is 9.80. The van der Waals surface area contributed by atoms with Crippen molar-refractivity contribution in [3.8, 4) is 0 Å². The first-order valence-corrected chi connectivity index (χ1v) is 10.7. The summed E-state index contributed by atoms with van der Waals surface area (Å²) in [6, 6.07) is 11.0. The van der Waals surface area contributed by atoms with Gasteiger partial charge in [0.15, 0.2) is 0 Å². The van der Waals surface area contributed by atoms with Gasteiger partial charge in [-0.05, 0) is 62.1 Å². The summed E-state index contributed by atoms with van der Waals surface area (Å²) in [7, 11) is -3.79. The van der Waals surface area contributed by atoms with Crippen LogP contribution in [0.25, 0.3) is 0 Å². The third-order valence-electron chi connectivity index (χ3n) is 4.33. The number of esters is 1. The van der Waals surface area contributed by atoms with Crippen LogP contribution in [0.15, 0.2) is 47.4 Å². The van der Waals surface area contributed by atoms with Crippen molar-refractivity contribution >= 4 is 16.0 Å². The number of carbonyl (C=O) groups is 1. The summed E-state index contributed by atoms with van der Waals surface area (Å²) in [5, 5.41) is 0. The van der Waals surface area contributed by atoms with Crippen molar-refractivity contribution in [3.05, 3.63) is 65.0 Å². The van der Waals surface area contributed by atoms with Crippen LogP contribution in [0.5, 0.6) is 0 Å². The molecular formula is C21H26FNO4S. The molecule has 0 aliphatic rings. The molecule has 0 aliphatic heterocycles. The Morgan fingerprint density at radius 2 is 1.79 bits per heavy atom. The average molecular weight is 408 g/mol. The van der Waals surface area contributed by atoms with Crippen LogP contribution >= 0.6 is 0 Å². The molecule has 0 atom stereocenters. The predicted octanol–water partition coefficient (Wildman–Crippen LogP) is 3.98. The van der Waals surface area contributed by atoms with E-state index in [1.54, 1.807) is 38.1 Å². The molecule has 2 aromatic carbocycles. The monoisotopic (exact) mass is 407 g/mol. The summed E-state index contributed by atoms with van der Waals surface area (Å²) in [4.78, 5) is 11.8. The minimum Gasteiger partial charge on any atom is -0.466 e. The number of benzene rings is 2. The van der Waals surface area contributed by atoms with Crippen LogP contribution in [0.4, 0.5) is 4.39 Å².